The van der Waals surface area contributed by atoms with Crippen LogP contribution in [0.3, 0.4) is 0 Å². The van der Waals surface area contributed by atoms with Gasteiger partial charge in [-0.1, -0.05) is 42.5 Å². The highest BCUT2D eigenvalue weighted by molar-refractivity contribution is 6.03. The zero-order valence-electron chi connectivity index (χ0n) is 15.2. The first-order valence-corrected chi connectivity index (χ1v) is 8.56. The number of methoxy groups -OCH3 is 1. The fourth-order valence-electron chi connectivity index (χ4n) is 2.97. The van der Waals surface area contributed by atoms with E-state index in [1.54, 1.807) is 14.0 Å². The zero-order valence-corrected chi connectivity index (χ0v) is 15.2. The summed E-state index contributed by atoms with van der Waals surface area (Å²) in [6.07, 6.45) is 0. The van der Waals surface area contributed by atoms with Crippen LogP contribution in [0.2, 0.25) is 0 Å². The summed E-state index contributed by atoms with van der Waals surface area (Å²) in [4.78, 5) is 17.2. The van der Waals surface area contributed by atoms with Crippen LogP contribution in [0.4, 0.5) is 0 Å². The van der Waals surface area contributed by atoms with Gasteiger partial charge in [-0.2, -0.15) is 0 Å². The summed E-state index contributed by atoms with van der Waals surface area (Å²) in [5.41, 5.74) is 3.03. The number of hydrogen-bond donors (Lipinski definition) is 1. The maximum absolute atomic E-state index is 12.6. The van der Waals surface area contributed by atoms with E-state index >= 15 is 0 Å². The van der Waals surface area contributed by atoms with Crippen LogP contribution in [0, 0.1) is 0 Å². The highest BCUT2D eigenvalue weighted by atomic mass is 16.5. The number of carbonyl (C=O) groups excluding carboxylic acids is 1. The van der Waals surface area contributed by atoms with E-state index in [0.717, 1.165) is 22.7 Å². The van der Waals surface area contributed by atoms with Gasteiger partial charge in [0.25, 0.3) is 0 Å². The Morgan fingerprint density at radius 1 is 1.15 bits per heavy atom. The van der Waals surface area contributed by atoms with Crippen LogP contribution < -0.4 is 10.1 Å². The highest BCUT2D eigenvalue weighted by Gasteiger charge is 2.31. The molecule has 134 valence electrons. The maximum atomic E-state index is 12.6. The molecule has 5 nitrogen and oxygen atoms in total. The number of amidine groups is 1. The van der Waals surface area contributed by atoms with Gasteiger partial charge < -0.3 is 14.8 Å². The molecule has 0 spiro atoms. The molecule has 1 unspecified atom stereocenters. The lowest BCUT2D eigenvalue weighted by atomic mass is 9.94. The molecule has 1 N–H and O–H groups in total. The molecule has 3 rings (SSSR count). The first-order valence-electron chi connectivity index (χ1n) is 8.56. The first kappa shape index (κ1) is 17.7. The van der Waals surface area contributed by atoms with E-state index in [1.807, 2.05) is 61.5 Å². The quantitative estimate of drug-likeness (QED) is 0.837. The van der Waals surface area contributed by atoms with E-state index in [9.17, 15) is 4.79 Å². The molecule has 0 radical (unpaired) electrons. The van der Waals surface area contributed by atoms with Crippen molar-refractivity contribution in [1.29, 1.82) is 0 Å². The van der Waals surface area contributed by atoms with Crippen molar-refractivity contribution >= 4 is 11.8 Å². The van der Waals surface area contributed by atoms with E-state index < -0.39 is 0 Å². The van der Waals surface area contributed by atoms with Gasteiger partial charge in [-0.15, -0.1) is 0 Å². The molecule has 1 heterocycles. The van der Waals surface area contributed by atoms with E-state index in [0.29, 0.717) is 17.9 Å². The van der Waals surface area contributed by atoms with E-state index in [-0.39, 0.29) is 12.0 Å². The van der Waals surface area contributed by atoms with Gasteiger partial charge in [-0.05, 0) is 31.5 Å². The molecule has 0 aromatic heterocycles. The molecular formula is C21H22N2O3. The minimum Gasteiger partial charge on any atom is -0.497 e. The molecule has 1 atom stereocenters. The first-order chi connectivity index (χ1) is 12.6. The standard InChI is InChI=1S/C21H22N2O3/c1-4-26-21(24)18-14(2)22-20(15-9-6-5-7-10-15)23-19(18)16-11-8-12-17(13-16)25-3/h5-13,19H,4H2,1-3H3,(H,22,23). The van der Waals surface area contributed by atoms with Crippen molar-refractivity contribution < 1.29 is 14.3 Å². The molecule has 2 aromatic rings. The Labute approximate surface area is 153 Å². The molecule has 2 aromatic carbocycles. The summed E-state index contributed by atoms with van der Waals surface area (Å²) >= 11 is 0. The number of ether oxygens (including phenoxy) is 2. The number of nitrogens with one attached hydrogen (secondary N) is 1. The Morgan fingerprint density at radius 2 is 1.92 bits per heavy atom. The second kappa shape index (κ2) is 7.87. The molecule has 26 heavy (non-hydrogen) atoms. The lowest BCUT2D eigenvalue weighted by Crippen LogP contribution is -2.36. The number of esters is 1. The number of carbonyl (C=O) groups is 1. The van der Waals surface area contributed by atoms with E-state index in [4.69, 9.17) is 9.47 Å². The lowest BCUT2D eigenvalue weighted by molar-refractivity contribution is -0.139. The molecule has 0 aliphatic carbocycles. The van der Waals surface area contributed by atoms with Gasteiger partial charge in [0.15, 0.2) is 0 Å². The number of allylic oxidation sites excluding steroid dienone is 1. The summed E-state index contributed by atoms with van der Waals surface area (Å²) in [6, 6.07) is 17.1. The van der Waals surface area contributed by atoms with Crippen molar-refractivity contribution in [3.63, 3.8) is 0 Å². The van der Waals surface area contributed by atoms with Gasteiger partial charge >= 0.3 is 5.97 Å². The Morgan fingerprint density at radius 3 is 2.62 bits per heavy atom. The van der Waals surface area contributed by atoms with Crippen LogP contribution in [-0.2, 0) is 9.53 Å². The largest absolute Gasteiger partial charge is 0.497 e. The minimum absolute atomic E-state index is 0.315. The second-order valence-corrected chi connectivity index (χ2v) is 5.90. The summed E-state index contributed by atoms with van der Waals surface area (Å²) in [5, 5.41) is 3.39. The third kappa shape index (κ3) is 3.61. The maximum Gasteiger partial charge on any atom is 0.338 e. The second-order valence-electron chi connectivity index (χ2n) is 5.90. The van der Waals surface area contributed by atoms with Crippen LogP contribution in [0.1, 0.15) is 31.0 Å². The van der Waals surface area contributed by atoms with Gasteiger partial charge in [0, 0.05) is 5.56 Å². The van der Waals surface area contributed by atoms with Crippen molar-refractivity contribution in [1.82, 2.24) is 5.32 Å². The Bertz CT molecular complexity index is 857. The molecule has 5 heteroatoms. The predicted octanol–water partition coefficient (Wildman–Crippen LogP) is 3.62. The number of nitrogens with zero attached hydrogens (tertiary/aromatic N) is 1. The topological polar surface area (TPSA) is 59.9 Å². The smallest absolute Gasteiger partial charge is 0.338 e. The van der Waals surface area contributed by atoms with Gasteiger partial charge in [-0.3, -0.25) is 0 Å². The molecule has 0 saturated heterocycles. The number of benzene rings is 2. The molecule has 0 saturated carbocycles. The van der Waals surface area contributed by atoms with Crippen LogP contribution in [0.5, 0.6) is 5.75 Å². The predicted molar refractivity (Wildman–Crippen MR) is 101 cm³/mol. The third-order valence-corrected chi connectivity index (χ3v) is 4.21. The molecule has 1 aliphatic heterocycles. The number of rotatable bonds is 5. The van der Waals surface area contributed by atoms with E-state index in [2.05, 4.69) is 10.3 Å². The average molecular weight is 350 g/mol. The summed E-state index contributed by atoms with van der Waals surface area (Å²) in [5.74, 6) is 1.10. The zero-order chi connectivity index (χ0) is 18.5. The van der Waals surface area contributed by atoms with Crippen LogP contribution in [0.25, 0.3) is 0 Å². The lowest BCUT2D eigenvalue weighted by Gasteiger charge is -2.28. The van der Waals surface area contributed by atoms with Crippen LogP contribution >= 0.6 is 0 Å². The Hall–Kier alpha value is -3.08. The fraction of sp³-hybridized carbons (Fsp3) is 0.238. The van der Waals surface area contributed by atoms with Gasteiger partial charge in [0.05, 0.1) is 31.0 Å². The summed E-state index contributed by atoms with van der Waals surface area (Å²) in [7, 11) is 1.62. The van der Waals surface area contributed by atoms with Crippen molar-refractivity contribution in [2.75, 3.05) is 13.7 Å². The molecule has 0 fully saturated rings. The van der Waals surface area contributed by atoms with Crippen molar-refractivity contribution in [2.45, 2.75) is 19.9 Å². The van der Waals surface area contributed by atoms with Crippen molar-refractivity contribution in [3.05, 3.63) is 77.0 Å². The highest BCUT2D eigenvalue weighted by Crippen LogP contribution is 2.31. The minimum atomic E-state index is -0.364. The monoisotopic (exact) mass is 350 g/mol. The van der Waals surface area contributed by atoms with Crippen LogP contribution in [0.15, 0.2) is 70.9 Å². The number of hydrogen-bond acceptors (Lipinski definition) is 5. The van der Waals surface area contributed by atoms with Gasteiger partial charge in [0.2, 0.25) is 0 Å². The van der Waals surface area contributed by atoms with Crippen LogP contribution in [-0.4, -0.2) is 25.5 Å². The van der Waals surface area contributed by atoms with E-state index in [1.165, 1.54) is 0 Å². The summed E-state index contributed by atoms with van der Waals surface area (Å²) < 4.78 is 10.6. The molecule has 0 bridgehead atoms. The van der Waals surface area contributed by atoms with Crippen molar-refractivity contribution in [3.8, 4) is 5.75 Å². The van der Waals surface area contributed by atoms with Gasteiger partial charge in [-0.25, -0.2) is 9.79 Å². The van der Waals surface area contributed by atoms with Gasteiger partial charge in [0.1, 0.15) is 11.6 Å². The molecule has 1 aliphatic rings. The fourth-order valence-corrected chi connectivity index (χ4v) is 2.97. The molecule has 0 amide bonds. The Balaban J connectivity index is 2.08. The normalized spacial score (nSPS) is 16.6. The summed E-state index contributed by atoms with van der Waals surface area (Å²) in [6.45, 7) is 3.95. The third-order valence-electron chi connectivity index (χ3n) is 4.21. The Kier molecular flexibility index (Phi) is 5.37. The number of aliphatic imine (C=N–C) groups is 1. The SMILES string of the molecule is CCOC(=O)C1=C(C)N=C(c2ccccc2)NC1c1cccc(OC)c1. The molecular weight excluding hydrogens is 328 g/mol. The average Bonchev–Trinajstić information content (AvgIpc) is 2.68. The van der Waals surface area contributed by atoms with Crippen molar-refractivity contribution in [2.24, 2.45) is 4.99 Å².